The van der Waals surface area contributed by atoms with Gasteiger partial charge in [0, 0.05) is 0 Å². The van der Waals surface area contributed by atoms with Crippen molar-refractivity contribution in [3.63, 3.8) is 0 Å². The molecule has 0 amide bonds. The van der Waals surface area contributed by atoms with Gasteiger partial charge in [-0.15, -0.1) is 12.6 Å². The lowest BCUT2D eigenvalue weighted by Crippen LogP contribution is -2.09. The van der Waals surface area contributed by atoms with Crippen LogP contribution in [0.2, 0.25) is 5.02 Å². The number of nitrogens with zero attached hydrogens (tertiary/aromatic N) is 2. The molecule has 0 unspecified atom stereocenters. The summed E-state index contributed by atoms with van der Waals surface area (Å²) in [7, 11) is 0. The van der Waals surface area contributed by atoms with Crippen molar-refractivity contribution >= 4 is 30.0 Å². The highest BCUT2D eigenvalue weighted by Gasteiger charge is 2.32. The van der Waals surface area contributed by atoms with Crippen LogP contribution >= 0.6 is 24.2 Å². The van der Waals surface area contributed by atoms with E-state index in [0.717, 1.165) is 12.1 Å². The van der Waals surface area contributed by atoms with E-state index < -0.39 is 11.7 Å². The minimum atomic E-state index is -4.45. The van der Waals surface area contributed by atoms with Gasteiger partial charge in [-0.25, -0.2) is 4.68 Å². The van der Waals surface area contributed by atoms with Crippen molar-refractivity contribution in [3.05, 3.63) is 34.0 Å². The summed E-state index contributed by atoms with van der Waals surface area (Å²) in [4.78, 5) is 0.473. The molecule has 8 heteroatoms. The maximum absolute atomic E-state index is 12.7. The molecule has 0 bridgehead atoms. The van der Waals surface area contributed by atoms with E-state index >= 15 is 0 Å². The number of hydrogen-bond donors (Lipinski definition) is 2. The third kappa shape index (κ3) is 2.47. The van der Waals surface area contributed by atoms with E-state index in [4.69, 9.17) is 17.3 Å². The lowest BCUT2D eigenvalue weighted by Gasteiger charge is -2.14. The first-order chi connectivity index (χ1) is 9.12. The zero-order valence-corrected chi connectivity index (χ0v) is 12.2. The number of anilines is 1. The number of halogens is 4. The van der Waals surface area contributed by atoms with Crippen LogP contribution in [-0.2, 0) is 6.18 Å². The fourth-order valence-corrected chi connectivity index (χ4v) is 2.36. The van der Waals surface area contributed by atoms with Gasteiger partial charge in [0.25, 0.3) is 0 Å². The molecule has 0 radical (unpaired) electrons. The summed E-state index contributed by atoms with van der Waals surface area (Å²) in [6, 6.07) is 1.87. The Labute approximate surface area is 123 Å². The number of thiol groups is 1. The van der Waals surface area contributed by atoms with Crippen LogP contribution < -0.4 is 5.73 Å². The Hall–Kier alpha value is -1.34. The molecule has 0 aliphatic carbocycles. The zero-order chi connectivity index (χ0) is 15.2. The molecule has 0 atom stereocenters. The van der Waals surface area contributed by atoms with Crippen molar-refractivity contribution in [2.45, 2.75) is 24.9 Å². The highest BCUT2D eigenvalue weighted by Crippen LogP contribution is 2.36. The Balaban J connectivity index is 2.67. The monoisotopic (exact) mass is 321 g/mol. The summed E-state index contributed by atoms with van der Waals surface area (Å²) in [5.74, 6) is 0.232. The van der Waals surface area contributed by atoms with Crippen molar-refractivity contribution in [1.29, 1.82) is 0 Å². The van der Waals surface area contributed by atoms with Crippen LogP contribution in [0.1, 0.15) is 16.8 Å². The van der Waals surface area contributed by atoms with Gasteiger partial charge in [-0.1, -0.05) is 11.6 Å². The molecule has 108 valence electrons. The Kier molecular flexibility index (Phi) is 3.68. The number of nitrogens with two attached hydrogens (primary N) is 1. The second kappa shape index (κ2) is 4.89. The van der Waals surface area contributed by atoms with Crippen molar-refractivity contribution in [3.8, 4) is 5.69 Å². The van der Waals surface area contributed by atoms with Crippen molar-refractivity contribution in [1.82, 2.24) is 9.78 Å². The van der Waals surface area contributed by atoms with Gasteiger partial charge in [-0.05, 0) is 31.5 Å². The standard InChI is InChI=1S/C12H11ClF3N3S/c1-5-3-7(12(14,15)16)4-8(13)9(5)19-11(17)10(20)6(2)18-19/h3-4,20H,17H2,1-2H3. The maximum Gasteiger partial charge on any atom is 0.416 e. The number of rotatable bonds is 1. The quantitative estimate of drug-likeness (QED) is 0.779. The number of hydrogen-bond acceptors (Lipinski definition) is 3. The molecule has 2 rings (SSSR count). The van der Waals surface area contributed by atoms with Gasteiger partial charge in [0.05, 0.1) is 26.9 Å². The summed E-state index contributed by atoms with van der Waals surface area (Å²) in [6.07, 6.45) is -4.45. The number of aryl methyl sites for hydroxylation is 2. The molecule has 20 heavy (non-hydrogen) atoms. The van der Waals surface area contributed by atoms with E-state index in [2.05, 4.69) is 17.7 Å². The molecule has 0 saturated heterocycles. The third-order valence-corrected chi connectivity index (χ3v) is 3.70. The average molecular weight is 322 g/mol. The van der Waals surface area contributed by atoms with Crippen LogP contribution in [0, 0.1) is 13.8 Å². The fraction of sp³-hybridized carbons (Fsp3) is 0.250. The lowest BCUT2D eigenvalue weighted by atomic mass is 10.1. The minimum Gasteiger partial charge on any atom is -0.383 e. The number of alkyl halides is 3. The van der Waals surface area contributed by atoms with Crippen molar-refractivity contribution in [2.24, 2.45) is 0 Å². The molecule has 0 saturated carbocycles. The second-order valence-corrected chi connectivity index (χ2v) is 5.21. The van der Waals surface area contributed by atoms with E-state index in [-0.39, 0.29) is 10.8 Å². The summed E-state index contributed by atoms with van der Waals surface area (Å²) in [6.45, 7) is 3.22. The number of aromatic nitrogens is 2. The molecule has 2 aromatic rings. The average Bonchev–Trinajstić information content (AvgIpc) is 2.55. The molecule has 1 aromatic heterocycles. The van der Waals surface area contributed by atoms with Crippen LogP contribution in [0.25, 0.3) is 5.69 Å². The number of benzene rings is 1. The molecule has 3 nitrogen and oxygen atoms in total. The largest absolute Gasteiger partial charge is 0.416 e. The molecule has 2 N–H and O–H groups in total. The third-order valence-electron chi connectivity index (χ3n) is 2.86. The van der Waals surface area contributed by atoms with Crippen molar-refractivity contribution in [2.75, 3.05) is 5.73 Å². The van der Waals surface area contributed by atoms with Gasteiger partial charge in [0.2, 0.25) is 0 Å². The Bertz CT molecular complexity index is 656. The van der Waals surface area contributed by atoms with Gasteiger partial charge in [0.1, 0.15) is 5.82 Å². The molecular weight excluding hydrogens is 311 g/mol. The Morgan fingerprint density at radius 3 is 2.30 bits per heavy atom. The summed E-state index contributed by atoms with van der Waals surface area (Å²) in [5, 5.41) is 4.07. The summed E-state index contributed by atoms with van der Waals surface area (Å²) in [5.41, 5.74) is 6.25. The summed E-state index contributed by atoms with van der Waals surface area (Å²) < 4.78 is 39.4. The smallest absolute Gasteiger partial charge is 0.383 e. The molecule has 0 spiro atoms. The first-order valence-corrected chi connectivity index (χ1v) is 6.37. The first-order valence-electron chi connectivity index (χ1n) is 5.54. The molecule has 0 fully saturated rings. The second-order valence-electron chi connectivity index (χ2n) is 4.35. The maximum atomic E-state index is 12.7. The molecule has 1 aromatic carbocycles. The van der Waals surface area contributed by atoms with E-state index in [1.165, 1.54) is 11.6 Å². The van der Waals surface area contributed by atoms with E-state index in [1.807, 2.05) is 0 Å². The fourth-order valence-electron chi connectivity index (χ4n) is 1.88. The molecule has 0 aliphatic heterocycles. The van der Waals surface area contributed by atoms with Crippen LogP contribution in [0.5, 0.6) is 0 Å². The zero-order valence-electron chi connectivity index (χ0n) is 10.6. The van der Waals surface area contributed by atoms with Gasteiger partial charge < -0.3 is 5.73 Å². The summed E-state index contributed by atoms with van der Waals surface area (Å²) >= 11 is 10.2. The predicted molar refractivity (Wildman–Crippen MR) is 74.7 cm³/mol. The first kappa shape index (κ1) is 15.1. The van der Waals surface area contributed by atoms with Crippen LogP contribution in [0.4, 0.5) is 19.0 Å². The highest BCUT2D eigenvalue weighted by atomic mass is 35.5. The van der Waals surface area contributed by atoms with Gasteiger partial charge in [-0.3, -0.25) is 0 Å². The lowest BCUT2D eigenvalue weighted by molar-refractivity contribution is -0.137. The van der Waals surface area contributed by atoms with E-state index in [9.17, 15) is 13.2 Å². The molecule has 0 aliphatic rings. The Morgan fingerprint density at radius 1 is 1.30 bits per heavy atom. The van der Waals surface area contributed by atoms with Gasteiger partial charge in [-0.2, -0.15) is 18.3 Å². The van der Waals surface area contributed by atoms with Crippen LogP contribution in [0.3, 0.4) is 0 Å². The SMILES string of the molecule is Cc1cc(C(F)(F)F)cc(Cl)c1-n1nc(C)c(S)c1N. The van der Waals surface area contributed by atoms with Gasteiger partial charge >= 0.3 is 6.18 Å². The Morgan fingerprint density at radius 2 is 1.90 bits per heavy atom. The molecular formula is C12H11ClF3N3S. The molecule has 1 heterocycles. The normalized spacial score (nSPS) is 11.9. The van der Waals surface area contributed by atoms with Crippen LogP contribution in [-0.4, -0.2) is 9.78 Å². The van der Waals surface area contributed by atoms with E-state index in [0.29, 0.717) is 21.8 Å². The van der Waals surface area contributed by atoms with Crippen molar-refractivity contribution < 1.29 is 13.2 Å². The van der Waals surface area contributed by atoms with Gasteiger partial charge in [0.15, 0.2) is 0 Å². The van der Waals surface area contributed by atoms with Crippen LogP contribution in [0.15, 0.2) is 17.0 Å². The number of nitrogen functional groups attached to an aromatic ring is 1. The highest BCUT2D eigenvalue weighted by molar-refractivity contribution is 7.80. The van der Waals surface area contributed by atoms with E-state index in [1.54, 1.807) is 6.92 Å². The topological polar surface area (TPSA) is 43.8 Å². The predicted octanol–water partition coefficient (Wildman–Crippen LogP) is 4.03. The minimum absolute atomic E-state index is 0.0696.